The molecule has 3 nitrogen and oxygen atoms in total. The molecule has 5 heteroatoms. The topological polar surface area (TPSA) is 46.2 Å². The second kappa shape index (κ2) is 6.76. The maximum absolute atomic E-state index is 13.6. The van der Waals surface area contributed by atoms with Crippen molar-refractivity contribution in [3.8, 4) is 0 Å². The van der Waals surface area contributed by atoms with Crippen LogP contribution in [0.5, 0.6) is 0 Å². The van der Waals surface area contributed by atoms with Crippen molar-refractivity contribution in [2.45, 2.75) is 6.92 Å². The molecule has 2 aromatic carbocycles. The molecule has 0 aliphatic rings. The predicted molar refractivity (Wildman–Crippen MR) is 93.3 cm³/mol. The molecule has 0 spiro atoms. The first kappa shape index (κ1) is 16.1. The van der Waals surface area contributed by atoms with Gasteiger partial charge in [-0.05, 0) is 42.1 Å². The maximum Gasteiger partial charge on any atom is 0.256 e. The molecule has 3 rings (SSSR count). The lowest BCUT2D eigenvalue weighted by Crippen LogP contribution is -2.16. The van der Waals surface area contributed by atoms with Crippen LogP contribution >= 0.6 is 11.3 Å². The molecule has 1 amide bonds. The molecular weight excluding hydrogens is 325 g/mol. The Hall–Kier alpha value is -2.79. The van der Waals surface area contributed by atoms with E-state index in [1.165, 1.54) is 17.4 Å². The lowest BCUT2D eigenvalue weighted by atomic mass is 10.0. The summed E-state index contributed by atoms with van der Waals surface area (Å²) in [7, 11) is 0. The van der Waals surface area contributed by atoms with Gasteiger partial charge in [0.2, 0.25) is 5.78 Å². The van der Waals surface area contributed by atoms with Gasteiger partial charge in [-0.1, -0.05) is 30.3 Å². The Balaban J connectivity index is 1.90. The van der Waals surface area contributed by atoms with Gasteiger partial charge in [0, 0.05) is 11.3 Å². The Kier molecular flexibility index (Phi) is 4.53. The van der Waals surface area contributed by atoms with Crippen molar-refractivity contribution < 1.29 is 14.0 Å². The molecule has 0 fully saturated rings. The molecule has 120 valence electrons. The highest BCUT2D eigenvalue weighted by Crippen LogP contribution is 2.20. The number of hydrogen-bond acceptors (Lipinski definition) is 3. The van der Waals surface area contributed by atoms with Crippen molar-refractivity contribution >= 4 is 28.7 Å². The molecule has 1 N–H and O–H groups in total. The zero-order valence-corrected chi connectivity index (χ0v) is 13.7. The summed E-state index contributed by atoms with van der Waals surface area (Å²) in [6, 6.07) is 14.6. The van der Waals surface area contributed by atoms with Gasteiger partial charge in [-0.15, -0.1) is 11.3 Å². The van der Waals surface area contributed by atoms with Crippen molar-refractivity contribution in [3.05, 3.63) is 87.4 Å². The molecule has 0 atom stereocenters. The second-order valence-electron chi connectivity index (χ2n) is 5.27. The number of ketones is 1. The minimum atomic E-state index is -0.446. The van der Waals surface area contributed by atoms with Gasteiger partial charge in [-0.2, -0.15) is 0 Å². The van der Waals surface area contributed by atoms with Crippen molar-refractivity contribution in [3.63, 3.8) is 0 Å². The zero-order chi connectivity index (χ0) is 17.1. The molecule has 0 bridgehead atoms. The standard InChI is InChI=1S/C19H14FNO2S/c1-12-8-9-13(11-16(12)20)21-19(23)15-6-3-2-5-14(15)18(22)17-7-4-10-24-17/h2-11H,1H3,(H,21,23). The number of anilines is 1. The summed E-state index contributed by atoms with van der Waals surface area (Å²) < 4.78 is 13.6. The second-order valence-corrected chi connectivity index (χ2v) is 6.22. The highest BCUT2D eigenvalue weighted by Gasteiger charge is 2.18. The van der Waals surface area contributed by atoms with Gasteiger partial charge in [0.25, 0.3) is 5.91 Å². The largest absolute Gasteiger partial charge is 0.322 e. The van der Waals surface area contributed by atoms with Crippen LogP contribution in [0.15, 0.2) is 60.0 Å². The third-order valence-corrected chi connectivity index (χ3v) is 4.46. The highest BCUT2D eigenvalue weighted by atomic mass is 32.1. The van der Waals surface area contributed by atoms with Gasteiger partial charge in [-0.25, -0.2) is 4.39 Å². The van der Waals surface area contributed by atoms with Crippen LogP contribution in [-0.4, -0.2) is 11.7 Å². The molecule has 24 heavy (non-hydrogen) atoms. The van der Waals surface area contributed by atoms with E-state index in [0.717, 1.165) is 0 Å². The third-order valence-electron chi connectivity index (χ3n) is 3.59. The number of nitrogens with one attached hydrogen (secondary N) is 1. The summed E-state index contributed by atoms with van der Waals surface area (Å²) in [6.07, 6.45) is 0. The summed E-state index contributed by atoms with van der Waals surface area (Å²) in [5, 5.41) is 4.45. The molecular formula is C19H14FNO2S. The summed E-state index contributed by atoms with van der Waals surface area (Å²) in [5.41, 5.74) is 1.43. The normalized spacial score (nSPS) is 10.4. The fourth-order valence-corrected chi connectivity index (χ4v) is 2.97. The molecule has 1 aromatic heterocycles. The van der Waals surface area contributed by atoms with E-state index < -0.39 is 11.7 Å². The van der Waals surface area contributed by atoms with Crippen molar-refractivity contribution in [2.75, 3.05) is 5.32 Å². The number of aryl methyl sites for hydroxylation is 1. The van der Waals surface area contributed by atoms with Crippen molar-refractivity contribution in [1.29, 1.82) is 0 Å². The Labute approximate surface area is 142 Å². The number of rotatable bonds is 4. The number of halogens is 1. The van der Waals surface area contributed by atoms with Gasteiger partial charge in [0.1, 0.15) is 5.82 Å². The van der Waals surface area contributed by atoms with Gasteiger partial charge in [-0.3, -0.25) is 9.59 Å². The van der Waals surface area contributed by atoms with Crippen LogP contribution in [0.25, 0.3) is 0 Å². The van der Waals surface area contributed by atoms with Gasteiger partial charge < -0.3 is 5.32 Å². The van der Waals surface area contributed by atoms with Gasteiger partial charge in [0.15, 0.2) is 0 Å². The Morgan fingerprint density at radius 3 is 2.42 bits per heavy atom. The van der Waals surface area contributed by atoms with E-state index in [-0.39, 0.29) is 11.3 Å². The summed E-state index contributed by atoms with van der Waals surface area (Å²) in [4.78, 5) is 25.6. The Morgan fingerprint density at radius 1 is 1.00 bits per heavy atom. The first-order valence-electron chi connectivity index (χ1n) is 7.31. The lowest BCUT2D eigenvalue weighted by Gasteiger charge is -2.09. The van der Waals surface area contributed by atoms with Crippen molar-refractivity contribution in [1.82, 2.24) is 0 Å². The van der Waals surface area contributed by atoms with Crippen LogP contribution < -0.4 is 5.32 Å². The van der Waals surface area contributed by atoms with Crippen molar-refractivity contribution in [2.24, 2.45) is 0 Å². The molecule has 0 aliphatic heterocycles. The van der Waals surface area contributed by atoms with Crippen LogP contribution in [0.4, 0.5) is 10.1 Å². The summed E-state index contributed by atoms with van der Waals surface area (Å²) in [6.45, 7) is 1.65. The van der Waals surface area contributed by atoms with Crippen LogP contribution in [0.2, 0.25) is 0 Å². The van der Waals surface area contributed by atoms with E-state index in [2.05, 4.69) is 5.32 Å². The number of carbonyl (C=O) groups is 2. The van der Waals surface area contributed by atoms with E-state index in [0.29, 0.717) is 21.7 Å². The fourth-order valence-electron chi connectivity index (χ4n) is 2.29. The van der Waals surface area contributed by atoms with E-state index in [1.807, 2.05) is 5.38 Å². The van der Waals surface area contributed by atoms with Gasteiger partial charge >= 0.3 is 0 Å². The molecule has 1 heterocycles. The highest BCUT2D eigenvalue weighted by molar-refractivity contribution is 7.12. The van der Waals surface area contributed by atoms with Crippen LogP contribution in [0, 0.1) is 12.7 Å². The molecule has 0 unspecified atom stereocenters. The first-order chi connectivity index (χ1) is 11.6. The van der Waals surface area contributed by atoms with E-state index in [4.69, 9.17) is 0 Å². The quantitative estimate of drug-likeness (QED) is 0.702. The van der Waals surface area contributed by atoms with E-state index >= 15 is 0 Å². The average Bonchev–Trinajstić information content (AvgIpc) is 3.12. The zero-order valence-electron chi connectivity index (χ0n) is 12.9. The van der Waals surface area contributed by atoms with Crippen LogP contribution in [0.3, 0.4) is 0 Å². The molecule has 0 aliphatic carbocycles. The summed E-state index contributed by atoms with van der Waals surface area (Å²) in [5.74, 6) is -1.04. The van der Waals surface area contributed by atoms with Gasteiger partial charge in [0.05, 0.1) is 10.4 Å². The minimum Gasteiger partial charge on any atom is -0.322 e. The number of amides is 1. The number of carbonyl (C=O) groups excluding carboxylic acids is 2. The minimum absolute atomic E-state index is 0.203. The van der Waals surface area contributed by atoms with Crippen LogP contribution in [-0.2, 0) is 0 Å². The Bertz CT molecular complexity index is 903. The third kappa shape index (κ3) is 3.26. The molecule has 0 saturated carbocycles. The molecule has 0 radical (unpaired) electrons. The number of benzene rings is 2. The SMILES string of the molecule is Cc1ccc(NC(=O)c2ccccc2C(=O)c2cccs2)cc1F. The first-order valence-corrected chi connectivity index (χ1v) is 8.19. The molecule has 3 aromatic rings. The molecule has 0 saturated heterocycles. The Morgan fingerprint density at radius 2 is 1.75 bits per heavy atom. The lowest BCUT2D eigenvalue weighted by molar-refractivity contribution is 0.0998. The smallest absolute Gasteiger partial charge is 0.256 e. The summed E-state index contributed by atoms with van der Waals surface area (Å²) >= 11 is 1.32. The van der Waals surface area contributed by atoms with Crippen LogP contribution in [0.1, 0.15) is 31.2 Å². The monoisotopic (exact) mass is 339 g/mol. The fraction of sp³-hybridized carbons (Fsp3) is 0.0526. The maximum atomic E-state index is 13.6. The van der Waals surface area contributed by atoms with E-state index in [1.54, 1.807) is 55.5 Å². The number of hydrogen-bond donors (Lipinski definition) is 1. The number of thiophene rings is 1. The van der Waals surface area contributed by atoms with E-state index in [9.17, 15) is 14.0 Å². The average molecular weight is 339 g/mol. The predicted octanol–water partition coefficient (Wildman–Crippen LogP) is 4.68.